The van der Waals surface area contributed by atoms with Crippen molar-refractivity contribution in [1.82, 2.24) is 10.2 Å². The van der Waals surface area contributed by atoms with Crippen molar-refractivity contribution in [2.24, 2.45) is 0 Å². The lowest BCUT2D eigenvalue weighted by molar-refractivity contribution is -0.0820. The average Bonchev–Trinajstić information content (AvgIpc) is 2.39. The summed E-state index contributed by atoms with van der Waals surface area (Å²) in [7, 11) is 2.04. The number of morpholine rings is 1. The minimum Gasteiger partial charge on any atom is -0.373 e. The molecule has 1 N–H and O–H groups in total. The molecule has 2 rings (SSSR count). The van der Waals surface area contributed by atoms with Crippen LogP contribution in [-0.2, 0) is 4.74 Å². The van der Waals surface area contributed by atoms with Gasteiger partial charge in [-0.2, -0.15) is 0 Å². The maximum Gasteiger partial charge on any atom is 0.0678 e. The fraction of sp³-hybridized carbons (Fsp3) is 0.625. The van der Waals surface area contributed by atoms with Gasteiger partial charge in [0, 0.05) is 25.2 Å². The summed E-state index contributed by atoms with van der Waals surface area (Å²) < 4.78 is 5.82. The highest BCUT2D eigenvalue weighted by atomic mass is 16.5. The van der Waals surface area contributed by atoms with Crippen LogP contribution in [0.1, 0.15) is 32.4 Å². The fourth-order valence-electron chi connectivity index (χ4n) is 3.11. The first kappa shape index (κ1) is 14.5. The maximum atomic E-state index is 5.82. The van der Waals surface area contributed by atoms with Crippen molar-refractivity contribution in [3.8, 4) is 0 Å². The molecule has 3 heteroatoms. The molecule has 106 valence electrons. The number of benzene rings is 1. The van der Waals surface area contributed by atoms with E-state index < -0.39 is 0 Å². The molecule has 1 aliphatic heterocycles. The first-order valence-electron chi connectivity index (χ1n) is 7.23. The van der Waals surface area contributed by atoms with Gasteiger partial charge in [0.25, 0.3) is 0 Å². The molecular weight excluding hydrogens is 236 g/mol. The Bertz CT molecular complexity index is 372. The van der Waals surface area contributed by atoms with Gasteiger partial charge in [-0.1, -0.05) is 30.3 Å². The number of likely N-dealkylation sites (N-methyl/N-ethyl adjacent to an activating group) is 1. The van der Waals surface area contributed by atoms with E-state index in [-0.39, 0.29) is 0 Å². The fourth-order valence-corrected chi connectivity index (χ4v) is 3.11. The van der Waals surface area contributed by atoms with Crippen LogP contribution in [0.3, 0.4) is 0 Å². The van der Waals surface area contributed by atoms with Crippen molar-refractivity contribution >= 4 is 0 Å². The van der Waals surface area contributed by atoms with Gasteiger partial charge in [-0.05, 0) is 33.4 Å². The summed E-state index contributed by atoms with van der Waals surface area (Å²) in [5, 5.41) is 3.46. The second-order valence-electron chi connectivity index (χ2n) is 5.63. The van der Waals surface area contributed by atoms with Gasteiger partial charge in [0.1, 0.15) is 0 Å². The molecule has 1 saturated heterocycles. The monoisotopic (exact) mass is 262 g/mol. The van der Waals surface area contributed by atoms with Crippen LogP contribution in [0, 0.1) is 0 Å². The summed E-state index contributed by atoms with van der Waals surface area (Å²) in [6.45, 7) is 8.64. The highest BCUT2D eigenvalue weighted by Gasteiger charge is 2.30. The molecule has 4 unspecified atom stereocenters. The number of hydrogen-bond acceptors (Lipinski definition) is 3. The van der Waals surface area contributed by atoms with Crippen LogP contribution in [0.2, 0.25) is 0 Å². The van der Waals surface area contributed by atoms with E-state index in [1.54, 1.807) is 0 Å². The molecule has 1 aromatic rings. The van der Waals surface area contributed by atoms with Gasteiger partial charge in [-0.3, -0.25) is 4.90 Å². The molecule has 0 amide bonds. The smallest absolute Gasteiger partial charge is 0.0678 e. The summed E-state index contributed by atoms with van der Waals surface area (Å²) >= 11 is 0. The maximum absolute atomic E-state index is 5.82. The summed E-state index contributed by atoms with van der Waals surface area (Å²) in [6.07, 6.45) is 0.638. The van der Waals surface area contributed by atoms with Gasteiger partial charge in [-0.25, -0.2) is 0 Å². The van der Waals surface area contributed by atoms with Crippen molar-refractivity contribution in [3.63, 3.8) is 0 Å². The highest BCUT2D eigenvalue weighted by molar-refractivity contribution is 5.20. The molecule has 0 aliphatic carbocycles. The lowest BCUT2D eigenvalue weighted by Crippen LogP contribution is -2.52. The molecule has 1 heterocycles. The second-order valence-corrected chi connectivity index (χ2v) is 5.63. The Hall–Kier alpha value is -0.900. The zero-order valence-electron chi connectivity index (χ0n) is 12.5. The minimum atomic E-state index is 0.319. The van der Waals surface area contributed by atoms with Crippen molar-refractivity contribution in [1.29, 1.82) is 0 Å². The van der Waals surface area contributed by atoms with E-state index in [0.29, 0.717) is 24.3 Å². The Balaban J connectivity index is 2.10. The predicted molar refractivity (Wildman–Crippen MR) is 79.3 cm³/mol. The van der Waals surface area contributed by atoms with Crippen molar-refractivity contribution in [2.75, 3.05) is 20.1 Å². The zero-order valence-corrected chi connectivity index (χ0v) is 12.5. The van der Waals surface area contributed by atoms with Crippen molar-refractivity contribution in [2.45, 2.75) is 45.1 Å². The standard InChI is InChI=1S/C16H26N2O/c1-12-10-18(11-13(2)19-12)14(3)16(17-4)15-8-6-5-7-9-15/h5-9,12-14,16-17H,10-11H2,1-4H3. The quantitative estimate of drug-likeness (QED) is 0.902. The van der Waals surface area contributed by atoms with Gasteiger partial charge in [0.05, 0.1) is 12.2 Å². The molecule has 19 heavy (non-hydrogen) atoms. The number of ether oxygens (including phenoxy) is 1. The third kappa shape index (κ3) is 3.56. The zero-order chi connectivity index (χ0) is 13.8. The third-order valence-corrected chi connectivity index (χ3v) is 3.98. The molecule has 0 spiro atoms. The molecule has 0 bridgehead atoms. The van der Waals surface area contributed by atoms with Gasteiger partial charge in [0.2, 0.25) is 0 Å². The first-order chi connectivity index (χ1) is 9.11. The molecular formula is C16H26N2O. The van der Waals surface area contributed by atoms with Crippen LogP contribution in [-0.4, -0.2) is 43.3 Å². The predicted octanol–water partition coefficient (Wildman–Crippen LogP) is 2.44. The minimum absolute atomic E-state index is 0.319. The molecule has 4 atom stereocenters. The number of rotatable bonds is 4. The largest absolute Gasteiger partial charge is 0.373 e. The lowest BCUT2D eigenvalue weighted by atomic mass is 9.98. The van der Waals surface area contributed by atoms with E-state index in [0.717, 1.165) is 13.1 Å². The SMILES string of the molecule is CNC(c1ccccc1)C(C)N1CC(C)OC(C)C1. The van der Waals surface area contributed by atoms with Crippen LogP contribution in [0.15, 0.2) is 30.3 Å². The lowest BCUT2D eigenvalue weighted by Gasteiger charge is -2.41. The Kier molecular flexibility index (Phi) is 4.97. The molecule has 0 radical (unpaired) electrons. The third-order valence-electron chi connectivity index (χ3n) is 3.98. The van der Waals surface area contributed by atoms with Crippen molar-refractivity contribution in [3.05, 3.63) is 35.9 Å². The molecule has 1 aromatic carbocycles. The van der Waals surface area contributed by atoms with Gasteiger partial charge >= 0.3 is 0 Å². The Morgan fingerprint density at radius 2 is 1.74 bits per heavy atom. The first-order valence-corrected chi connectivity index (χ1v) is 7.23. The number of nitrogens with zero attached hydrogens (tertiary/aromatic N) is 1. The van der Waals surface area contributed by atoms with Gasteiger partial charge in [0.15, 0.2) is 0 Å². The van der Waals surface area contributed by atoms with E-state index in [2.05, 4.69) is 61.3 Å². The summed E-state index contributed by atoms with van der Waals surface area (Å²) in [5.74, 6) is 0. The van der Waals surface area contributed by atoms with E-state index >= 15 is 0 Å². The van der Waals surface area contributed by atoms with Crippen LogP contribution in [0.4, 0.5) is 0 Å². The molecule has 0 aromatic heterocycles. The summed E-state index contributed by atoms with van der Waals surface area (Å²) in [6, 6.07) is 11.5. The number of hydrogen-bond donors (Lipinski definition) is 1. The summed E-state index contributed by atoms with van der Waals surface area (Å²) in [4.78, 5) is 2.53. The Morgan fingerprint density at radius 1 is 1.16 bits per heavy atom. The normalized spacial score (nSPS) is 28.0. The van der Waals surface area contributed by atoms with Gasteiger partial charge in [-0.15, -0.1) is 0 Å². The van der Waals surface area contributed by atoms with E-state index in [1.165, 1.54) is 5.56 Å². The second kappa shape index (κ2) is 6.51. The van der Waals surface area contributed by atoms with Crippen molar-refractivity contribution < 1.29 is 4.74 Å². The van der Waals surface area contributed by atoms with Crippen LogP contribution >= 0.6 is 0 Å². The van der Waals surface area contributed by atoms with E-state index in [9.17, 15) is 0 Å². The average molecular weight is 262 g/mol. The highest BCUT2D eigenvalue weighted by Crippen LogP contribution is 2.23. The molecule has 0 saturated carbocycles. The molecule has 1 aliphatic rings. The summed E-state index contributed by atoms with van der Waals surface area (Å²) in [5.41, 5.74) is 1.35. The van der Waals surface area contributed by atoms with Crippen LogP contribution in [0.5, 0.6) is 0 Å². The van der Waals surface area contributed by atoms with E-state index in [1.807, 2.05) is 7.05 Å². The van der Waals surface area contributed by atoms with E-state index in [4.69, 9.17) is 4.74 Å². The topological polar surface area (TPSA) is 24.5 Å². The number of nitrogens with one attached hydrogen (secondary N) is 1. The molecule has 3 nitrogen and oxygen atoms in total. The Labute approximate surface area is 116 Å². The van der Waals surface area contributed by atoms with Crippen LogP contribution in [0.25, 0.3) is 0 Å². The van der Waals surface area contributed by atoms with Crippen LogP contribution < -0.4 is 5.32 Å². The van der Waals surface area contributed by atoms with Gasteiger partial charge < -0.3 is 10.1 Å². The Morgan fingerprint density at radius 3 is 2.26 bits per heavy atom. The molecule has 1 fully saturated rings.